The number of aromatic nitrogens is 4. The molecule has 4 nitrogen and oxygen atoms in total. The summed E-state index contributed by atoms with van der Waals surface area (Å²) in [6.07, 6.45) is 5.01. The van der Waals surface area contributed by atoms with Crippen LogP contribution < -0.4 is 0 Å². The van der Waals surface area contributed by atoms with Crippen molar-refractivity contribution in [3.8, 4) is 0 Å². The molecule has 0 saturated heterocycles. The minimum Gasteiger partial charge on any atom is -0.234 e. The van der Waals surface area contributed by atoms with Gasteiger partial charge in [-0.2, -0.15) is 0 Å². The molecule has 4 rings (SSSR count). The highest BCUT2D eigenvalue weighted by Crippen LogP contribution is 2.41. The summed E-state index contributed by atoms with van der Waals surface area (Å²) < 4.78 is 1.93. The van der Waals surface area contributed by atoms with E-state index in [1.165, 1.54) is 16.8 Å². The fourth-order valence-electron chi connectivity index (χ4n) is 2.97. The van der Waals surface area contributed by atoms with Gasteiger partial charge in [0.25, 0.3) is 0 Å². The molecule has 0 spiro atoms. The molecule has 0 fully saturated rings. The molecule has 0 radical (unpaired) electrons. The standard InChI is InChI=1S/C16H14N4/c1-2-12-13-7-4-3-6-11(13)10-15(12)20-14-8-5-9-17-16(14)18-19-20/h3-10,12H,2H2,1H3. The van der Waals surface area contributed by atoms with E-state index in [1.807, 2.05) is 16.8 Å². The molecule has 98 valence electrons. The fraction of sp³-hybridized carbons (Fsp3) is 0.188. The summed E-state index contributed by atoms with van der Waals surface area (Å²) in [4.78, 5) is 4.25. The maximum absolute atomic E-state index is 4.29. The Bertz CT molecular complexity index is 816. The Morgan fingerprint density at radius 2 is 2.05 bits per heavy atom. The van der Waals surface area contributed by atoms with E-state index >= 15 is 0 Å². The lowest BCUT2D eigenvalue weighted by Gasteiger charge is -2.14. The average Bonchev–Trinajstić information content (AvgIpc) is 3.07. The second-order valence-corrected chi connectivity index (χ2v) is 5.01. The van der Waals surface area contributed by atoms with Crippen LogP contribution in [-0.2, 0) is 0 Å². The molecule has 0 N–H and O–H groups in total. The van der Waals surface area contributed by atoms with Crippen LogP contribution in [0.4, 0.5) is 0 Å². The molecular weight excluding hydrogens is 248 g/mol. The molecule has 0 bridgehead atoms. The van der Waals surface area contributed by atoms with E-state index in [2.05, 4.69) is 52.6 Å². The summed E-state index contributed by atoms with van der Waals surface area (Å²) in [7, 11) is 0. The predicted octanol–water partition coefficient (Wildman–Crippen LogP) is 3.33. The summed E-state index contributed by atoms with van der Waals surface area (Å²) in [5.74, 6) is 0.372. The van der Waals surface area contributed by atoms with Gasteiger partial charge >= 0.3 is 0 Å². The van der Waals surface area contributed by atoms with Crippen molar-refractivity contribution >= 4 is 22.9 Å². The zero-order valence-corrected chi connectivity index (χ0v) is 11.2. The number of hydrogen-bond donors (Lipinski definition) is 0. The van der Waals surface area contributed by atoms with Gasteiger partial charge in [-0.25, -0.2) is 9.67 Å². The van der Waals surface area contributed by atoms with Gasteiger partial charge in [0, 0.05) is 12.1 Å². The third-order valence-corrected chi connectivity index (χ3v) is 3.91. The van der Waals surface area contributed by atoms with E-state index in [0.717, 1.165) is 11.9 Å². The number of pyridine rings is 1. The van der Waals surface area contributed by atoms with E-state index in [1.54, 1.807) is 6.20 Å². The Morgan fingerprint density at radius 1 is 1.15 bits per heavy atom. The van der Waals surface area contributed by atoms with E-state index in [-0.39, 0.29) is 0 Å². The third-order valence-electron chi connectivity index (χ3n) is 3.91. The first-order chi connectivity index (χ1) is 9.88. The predicted molar refractivity (Wildman–Crippen MR) is 79.0 cm³/mol. The zero-order chi connectivity index (χ0) is 13.5. The molecule has 0 amide bonds. The Morgan fingerprint density at radius 3 is 2.95 bits per heavy atom. The molecule has 1 atom stereocenters. The first kappa shape index (κ1) is 11.3. The van der Waals surface area contributed by atoms with Gasteiger partial charge in [-0.3, -0.25) is 0 Å². The summed E-state index contributed by atoms with van der Waals surface area (Å²) in [6, 6.07) is 12.5. The third kappa shape index (κ3) is 1.51. The Labute approximate surface area is 116 Å². The second-order valence-electron chi connectivity index (χ2n) is 5.01. The Kier molecular flexibility index (Phi) is 2.42. The Balaban J connectivity index is 1.91. The summed E-state index contributed by atoms with van der Waals surface area (Å²) in [5, 5.41) is 8.45. The highest BCUT2D eigenvalue weighted by Gasteiger charge is 2.26. The summed E-state index contributed by atoms with van der Waals surface area (Å²) in [6.45, 7) is 2.21. The van der Waals surface area contributed by atoms with Crippen molar-refractivity contribution in [3.63, 3.8) is 0 Å². The maximum atomic E-state index is 4.29. The number of nitrogens with zero attached hydrogens (tertiary/aromatic N) is 4. The van der Waals surface area contributed by atoms with Gasteiger partial charge in [0.1, 0.15) is 5.52 Å². The molecule has 3 aromatic rings. The largest absolute Gasteiger partial charge is 0.234 e. The molecular formula is C16H14N4. The van der Waals surface area contributed by atoms with Crippen molar-refractivity contribution in [3.05, 3.63) is 53.7 Å². The van der Waals surface area contributed by atoms with Crippen molar-refractivity contribution in [2.75, 3.05) is 0 Å². The summed E-state index contributed by atoms with van der Waals surface area (Å²) >= 11 is 0. The first-order valence-corrected chi connectivity index (χ1v) is 6.86. The molecule has 1 aromatic carbocycles. The van der Waals surface area contributed by atoms with Crippen molar-refractivity contribution in [2.45, 2.75) is 19.3 Å². The first-order valence-electron chi connectivity index (χ1n) is 6.86. The van der Waals surface area contributed by atoms with Gasteiger partial charge in [0.2, 0.25) is 5.65 Å². The number of hydrogen-bond acceptors (Lipinski definition) is 3. The van der Waals surface area contributed by atoms with Crippen LogP contribution in [0.15, 0.2) is 42.6 Å². The lowest BCUT2D eigenvalue weighted by atomic mass is 9.96. The zero-order valence-electron chi connectivity index (χ0n) is 11.2. The smallest absolute Gasteiger partial charge is 0.202 e. The molecule has 20 heavy (non-hydrogen) atoms. The fourth-order valence-corrected chi connectivity index (χ4v) is 2.97. The summed E-state index contributed by atoms with van der Waals surface area (Å²) in [5.41, 5.74) is 5.49. The van der Waals surface area contributed by atoms with Crippen molar-refractivity contribution in [1.29, 1.82) is 0 Å². The van der Waals surface area contributed by atoms with Crippen LogP contribution in [0.5, 0.6) is 0 Å². The average molecular weight is 262 g/mol. The van der Waals surface area contributed by atoms with Crippen LogP contribution >= 0.6 is 0 Å². The second kappa shape index (κ2) is 4.27. The van der Waals surface area contributed by atoms with Gasteiger partial charge in [-0.1, -0.05) is 36.4 Å². The van der Waals surface area contributed by atoms with Gasteiger partial charge in [0.15, 0.2) is 0 Å². The normalized spacial score (nSPS) is 17.2. The number of allylic oxidation sites excluding steroid dienone is 1. The van der Waals surface area contributed by atoms with Crippen molar-refractivity contribution in [2.24, 2.45) is 0 Å². The van der Waals surface area contributed by atoms with Crippen LogP contribution in [0, 0.1) is 0 Å². The number of rotatable bonds is 2. The van der Waals surface area contributed by atoms with E-state index in [4.69, 9.17) is 0 Å². The molecule has 2 aromatic heterocycles. The molecule has 4 heteroatoms. The number of benzene rings is 1. The highest BCUT2D eigenvalue weighted by atomic mass is 15.4. The van der Waals surface area contributed by atoms with E-state index < -0.39 is 0 Å². The topological polar surface area (TPSA) is 43.6 Å². The molecule has 0 saturated carbocycles. The van der Waals surface area contributed by atoms with Crippen LogP contribution in [0.2, 0.25) is 0 Å². The van der Waals surface area contributed by atoms with Gasteiger partial charge in [0.05, 0.1) is 5.70 Å². The lowest BCUT2D eigenvalue weighted by molar-refractivity contribution is 0.740. The molecule has 1 unspecified atom stereocenters. The van der Waals surface area contributed by atoms with Gasteiger partial charge in [-0.05, 0) is 35.8 Å². The SMILES string of the molecule is CCC1C(n2nnc3ncccc32)=Cc2ccccc21. The lowest BCUT2D eigenvalue weighted by Crippen LogP contribution is -2.05. The van der Waals surface area contributed by atoms with E-state index in [9.17, 15) is 0 Å². The monoisotopic (exact) mass is 262 g/mol. The molecule has 1 aliphatic carbocycles. The minimum absolute atomic E-state index is 0.372. The van der Waals surface area contributed by atoms with Crippen molar-refractivity contribution in [1.82, 2.24) is 20.0 Å². The maximum Gasteiger partial charge on any atom is 0.202 e. The highest BCUT2D eigenvalue weighted by molar-refractivity contribution is 5.87. The van der Waals surface area contributed by atoms with Crippen molar-refractivity contribution < 1.29 is 0 Å². The van der Waals surface area contributed by atoms with Crippen LogP contribution in [0.3, 0.4) is 0 Å². The van der Waals surface area contributed by atoms with Crippen LogP contribution in [0.1, 0.15) is 30.4 Å². The Hall–Kier alpha value is -2.49. The number of fused-ring (bicyclic) bond motifs is 2. The molecule has 2 heterocycles. The minimum atomic E-state index is 0.372. The molecule has 1 aliphatic rings. The van der Waals surface area contributed by atoms with Crippen LogP contribution in [0.25, 0.3) is 22.9 Å². The van der Waals surface area contributed by atoms with Gasteiger partial charge in [-0.15, -0.1) is 5.10 Å². The van der Waals surface area contributed by atoms with Gasteiger partial charge < -0.3 is 0 Å². The van der Waals surface area contributed by atoms with E-state index in [0.29, 0.717) is 11.6 Å². The van der Waals surface area contributed by atoms with Crippen LogP contribution in [-0.4, -0.2) is 20.0 Å². The quantitative estimate of drug-likeness (QED) is 0.711. The molecule has 0 aliphatic heterocycles.